The van der Waals surface area contributed by atoms with Gasteiger partial charge >= 0.3 is 0 Å². The maximum atomic E-state index is 13.7. The van der Waals surface area contributed by atoms with E-state index in [2.05, 4.69) is 0 Å². The van der Waals surface area contributed by atoms with Gasteiger partial charge < -0.3 is 14.4 Å². The molecule has 0 bridgehead atoms. The molecule has 1 aliphatic carbocycles. The van der Waals surface area contributed by atoms with Crippen molar-refractivity contribution in [2.45, 2.75) is 25.9 Å². The van der Waals surface area contributed by atoms with Gasteiger partial charge in [0, 0.05) is 24.5 Å². The van der Waals surface area contributed by atoms with E-state index in [0.717, 1.165) is 12.8 Å². The Labute approximate surface area is 122 Å². The molecule has 0 atom stereocenters. The van der Waals surface area contributed by atoms with Crippen LogP contribution in [0.5, 0.6) is 0 Å². The van der Waals surface area contributed by atoms with E-state index in [4.69, 9.17) is 4.42 Å². The molecule has 4 nitrogen and oxygen atoms in total. The summed E-state index contributed by atoms with van der Waals surface area (Å²) >= 11 is 0. The number of aliphatic hydroxyl groups is 1. The Hall–Kier alpha value is -1.88. The highest BCUT2D eigenvalue weighted by Crippen LogP contribution is 2.30. The Balaban J connectivity index is 1.84. The van der Waals surface area contributed by atoms with Crippen LogP contribution in [0, 0.1) is 18.7 Å². The second kappa shape index (κ2) is 5.15. The number of rotatable bonds is 3. The molecular weight excluding hydrogens is 273 g/mol. The molecule has 0 spiro atoms. The topological polar surface area (TPSA) is 53.7 Å². The minimum Gasteiger partial charge on any atom is -0.448 e. The number of para-hydroxylation sites is 1. The lowest BCUT2D eigenvalue weighted by Gasteiger charge is -2.34. The van der Waals surface area contributed by atoms with E-state index in [-0.39, 0.29) is 23.4 Å². The molecule has 0 unspecified atom stereocenters. The lowest BCUT2D eigenvalue weighted by Crippen LogP contribution is -2.39. The lowest BCUT2D eigenvalue weighted by molar-refractivity contribution is 0.0258. The van der Waals surface area contributed by atoms with Gasteiger partial charge in [0.1, 0.15) is 0 Å². The van der Waals surface area contributed by atoms with E-state index in [1.54, 1.807) is 31.0 Å². The van der Waals surface area contributed by atoms with Crippen LogP contribution in [0.15, 0.2) is 22.6 Å². The van der Waals surface area contributed by atoms with E-state index in [0.29, 0.717) is 23.4 Å². The van der Waals surface area contributed by atoms with Crippen molar-refractivity contribution in [3.05, 3.63) is 35.3 Å². The molecule has 1 N–H and O–H groups in total. The highest BCUT2D eigenvalue weighted by molar-refractivity contribution is 5.98. The van der Waals surface area contributed by atoms with Crippen LogP contribution in [0.25, 0.3) is 11.0 Å². The number of carbonyl (C=O) groups is 1. The summed E-state index contributed by atoms with van der Waals surface area (Å²) < 4.78 is 19.2. The normalized spacial score (nSPS) is 21.3. The fraction of sp³-hybridized carbons (Fsp3) is 0.438. The third kappa shape index (κ3) is 2.42. The third-order valence-corrected chi connectivity index (χ3v) is 4.20. The number of benzene rings is 1. The number of halogens is 1. The Morgan fingerprint density at radius 3 is 2.81 bits per heavy atom. The zero-order valence-electron chi connectivity index (χ0n) is 12.1. The number of hydrogen-bond donors (Lipinski definition) is 1. The van der Waals surface area contributed by atoms with Gasteiger partial charge in [0.15, 0.2) is 17.2 Å². The molecule has 112 valence electrons. The van der Waals surface area contributed by atoms with Crippen molar-refractivity contribution in [2.75, 3.05) is 13.6 Å². The van der Waals surface area contributed by atoms with Crippen molar-refractivity contribution in [2.24, 2.45) is 5.92 Å². The number of fused-ring (bicyclic) bond motifs is 1. The summed E-state index contributed by atoms with van der Waals surface area (Å²) in [6.45, 7) is 2.34. The van der Waals surface area contributed by atoms with Gasteiger partial charge in [0.25, 0.3) is 5.91 Å². The van der Waals surface area contributed by atoms with Crippen molar-refractivity contribution >= 4 is 16.9 Å². The number of hydrogen-bond acceptors (Lipinski definition) is 3. The van der Waals surface area contributed by atoms with E-state index in [1.165, 1.54) is 6.07 Å². The molecule has 21 heavy (non-hydrogen) atoms. The van der Waals surface area contributed by atoms with E-state index < -0.39 is 5.82 Å². The van der Waals surface area contributed by atoms with Crippen molar-refractivity contribution in [1.82, 2.24) is 4.90 Å². The first-order chi connectivity index (χ1) is 9.97. The van der Waals surface area contributed by atoms with Crippen LogP contribution >= 0.6 is 0 Å². The van der Waals surface area contributed by atoms with Gasteiger partial charge in [-0.2, -0.15) is 0 Å². The van der Waals surface area contributed by atoms with Crippen molar-refractivity contribution in [1.29, 1.82) is 0 Å². The van der Waals surface area contributed by atoms with E-state index in [1.807, 2.05) is 0 Å². The highest BCUT2D eigenvalue weighted by Gasteiger charge is 2.30. The van der Waals surface area contributed by atoms with Crippen LogP contribution in [0.2, 0.25) is 0 Å². The average molecular weight is 291 g/mol. The molecule has 3 rings (SSSR count). The smallest absolute Gasteiger partial charge is 0.289 e. The highest BCUT2D eigenvalue weighted by atomic mass is 19.1. The van der Waals surface area contributed by atoms with Crippen molar-refractivity contribution in [3.8, 4) is 0 Å². The Morgan fingerprint density at radius 1 is 1.48 bits per heavy atom. The summed E-state index contributed by atoms with van der Waals surface area (Å²) in [5, 5.41) is 9.92. The fourth-order valence-corrected chi connectivity index (χ4v) is 2.91. The standard InChI is InChI=1S/C16H18FNO3/c1-9-12-4-3-5-13(17)15(12)21-14(9)16(20)18(2)8-10-6-11(19)7-10/h3-5,10-11,19H,6-8H2,1-2H3. The van der Waals surface area contributed by atoms with Crippen molar-refractivity contribution < 1.29 is 18.7 Å². The number of carbonyl (C=O) groups excluding carboxylic acids is 1. The molecular formula is C16H18FNO3. The van der Waals surface area contributed by atoms with Crippen molar-refractivity contribution in [3.63, 3.8) is 0 Å². The Bertz CT molecular complexity index is 688. The van der Waals surface area contributed by atoms with Crippen LogP contribution in [0.1, 0.15) is 29.0 Å². The molecule has 1 heterocycles. The van der Waals surface area contributed by atoms with Gasteiger partial charge in [-0.25, -0.2) is 4.39 Å². The quantitative estimate of drug-likeness (QED) is 0.946. The molecule has 1 aliphatic rings. The molecule has 2 aromatic rings. The van der Waals surface area contributed by atoms with E-state index in [9.17, 15) is 14.3 Å². The van der Waals surface area contributed by atoms with Gasteiger partial charge in [0.2, 0.25) is 0 Å². The van der Waals surface area contributed by atoms with Crippen LogP contribution in [-0.4, -0.2) is 35.6 Å². The molecule has 1 amide bonds. The van der Waals surface area contributed by atoms with Crippen LogP contribution in [0.4, 0.5) is 4.39 Å². The summed E-state index contributed by atoms with van der Waals surface area (Å²) in [5.41, 5.74) is 0.792. The Morgan fingerprint density at radius 2 is 2.19 bits per heavy atom. The monoisotopic (exact) mass is 291 g/mol. The maximum Gasteiger partial charge on any atom is 0.289 e. The molecule has 1 fully saturated rings. The third-order valence-electron chi connectivity index (χ3n) is 4.20. The van der Waals surface area contributed by atoms with Gasteiger partial charge in [-0.05, 0) is 31.7 Å². The molecule has 0 radical (unpaired) electrons. The van der Waals surface area contributed by atoms with E-state index >= 15 is 0 Å². The molecule has 1 aromatic heterocycles. The zero-order valence-corrected chi connectivity index (χ0v) is 12.1. The summed E-state index contributed by atoms with van der Waals surface area (Å²) in [7, 11) is 1.70. The predicted molar refractivity (Wildman–Crippen MR) is 76.6 cm³/mol. The first-order valence-electron chi connectivity index (χ1n) is 7.08. The number of aliphatic hydroxyl groups excluding tert-OH is 1. The first kappa shape index (κ1) is 14.1. The lowest BCUT2D eigenvalue weighted by atomic mass is 9.82. The summed E-state index contributed by atoms with van der Waals surface area (Å²) in [6, 6.07) is 4.67. The molecule has 0 saturated heterocycles. The van der Waals surface area contributed by atoms with Gasteiger partial charge in [-0.3, -0.25) is 4.79 Å². The van der Waals surface area contributed by atoms with Crippen LogP contribution in [-0.2, 0) is 0 Å². The largest absolute Gasteiger partial charge is 0.448 e. The summed E-state index contributed by atoms with van der Waals surface area (Å²) in [4.78, 5) is 14.0. The van der Waals surface area contributed by atoms with Gasteiger partial charge in [-0.15, -0.1) is 0 Å². The average Bonchev–Trinajstić information content (AvgIpc) is 2.75. The Kier molecular flexibility index (Phi) is 3.45. The molecule has 1 saturated carbocycles. The number of aryl methyl sites for hydroxylation is 1. The maximum absolute atomic E-state index is 13.7. The summed E-state index contributed by atoms with van der Waals surface area (Å²) in [5.74, 6) is -0.184. The second-order valence-electron chi connectivity index (χ2n) is 5.85. The second-order valence-corrected chi connectivity index (χ2v) is 5.85. The van der Waals surface area contributed by atoms with Crippen LogP contribution in [0.3, 0.4) is 0 Å². The predicted octanol–water partition coefficient (Wildman–Crippen LogP) is 2.72. The minimum atomic E-state index is -0.459. The molecule has 0 aliphatic heterocycles. The molecule has 5 heteroatoms. The minimum absolute atomic E-state index is 0.130. The molecule has 1 aromatic carbocycles. The number of amides is 1. The van der Waals surface area contributed by atoms with Crippen LogP contribution < -0.4 is 0 Å². The SMILES string of the molecule is Cc1c(C(=O)N(C)CC2CC(O)C2)oc2c(F)cccc12. The van der Waals surface area contributed by atoms with Gasteiger partial charge in [0.05, 0.1) is 6.10 Å². The fourth-order valence-electron chi connectivity index (χ4n) is 2.91. The zero-order chi connectivity index (χ0) is 15.1. The number of nitrogens with zero attached hydrogens (tertiary/aromatic N) is 1. The van der Waals surface area contributed by atoms with Gasteiger partial charge in [-0.1, -0.05) is 12.1 Å². The first-order valence-corrected chi connectivity index (χ1v) is 7.08. The summed E-state index contributed by atoms with van der Waals surface area (Å²) in [6.07, 6.45) is 1.22. The number of furan rings is 1.